The lowest BCUT2D eigenvalue weighted by Gasteiger charge is -2.38. The van der Waals surface area contributed by atoms with E-state index < -0.39 is 0 Å². The molecule has 3 aliphatic carbocycles. The molecule has 0 saturated heterocycles. The van der Waals surface area contributed by atoms with Crippen molar-refractivity contribution in [3.63, 3.8) is 0 Å². The summed E-state index contributed by atoms with van der Waals surface area (Å²) in [6.45, 7) is 2.60. The minimum Gasteiger partial charge on any atom is -0.396 e. The van der Waals surface area contributed by atoms with Gasteiger partial charge in [0, 0.05) is 6.61 Å². The fraction of sp³-hybridized carbons (Fsp3) is 0.806. The van der Waals surface area contributed by atoms with Gasteiger partial charge in [0.25, 0.3) is 0 Å². The van der Waals surface area contributed by atoms with Crippen molar-refractivity contribution in [3.05, 3.63) is 35.1 Å². The average Bonchev–Trinajstić information content (AvgIpc) is 2.86. The van der Waals surface area contributed by atoms with E-state index in [1.807, 2.05) is 6.07 Å². The standard InChI is InChI=1S/C31H49FO/c1-2-3-4-5-23-6-10-25(11-7-23)26-14-16-27(17-15-26)29-18-19-30(31(32)22-29)28-12-8-24(9-13-28)20-21-33/h18-19,22-28,33H,2-17,20-21H2,1H3. The highest BCUT2D eigenvalue weighted by molar-refractivity contribution is 5.30. The third kappa shape index (κ3) is 6.83. The zero-order valence-corrected chi connectivity index (χ0v) is 21.2. The quantitative estimate of drug-likeness (QED) is 0.367. The summed E-state index contributed by atoms with van der Waals surface area (Å²) in [5.74, 6) is 4.53. The molecule has 3 saturated carbocycles. The molecule has 2 heteroatoms. The first-order chi connectivity index (χ1) is 16.2. The summed E-state index contributed by atoms with van der Waals surface area (Å²) in [4.78, 5) is 0. The van der Waals surface area contributed by atoms with Crippen LogP contribution in [0.5, 0.6) is 0 Å². The maximum atomic E-state index is 15.1. The Hall–Kier alpha value is -0.890. The summed E-state index contributed by atoms with van der Waals surface area (Å²) in [5, 5.41) is 9.18. The lowest BCUT2D eigenvalue weighted by atomic mass is 9.68. The molecule has 186 valence electrons. The minimum atomic E-state index is 0.0432. The second-order valence-electron chi connectivity index (χ2n) is 11.9. The van der Waals surface area contributed by atoms with E-state index in [2.05, 4.69) is 19.1 Å². The van der Waals surface area contributed by atoms with Gasteiger partial charge in [-0.2, -0.15) is 0 Å². The monoisotopic (exact) mass is 456 g/mol. The molecule has 0 radical (unpaired) electrons. The van der Waals surface area contributed by atoms with Gasteiger partial charge in [0.05, 0.1) is 0 Å². The number of rotatable bonds is 9. The fourth-order valence-electron chi connectivity index (χ4n) is 7.63. The molecule has 0 bridgehead atoms. The second-order valence-corrected chi connectivity index (χ2v) is 11.9. The van der Waals surface area contributed by atoms with Crippen molar-refractivity contribution in [2.75, 3.05) is 6.61 Å². The number of unbranched alkanes of at least 4 members (excludes halogenated alkanes) is 2. The fourth-order valence-corrected chi connectivity index (χ4v) is 7.63. The van der Waals surface area contributed by atoms with E-state index in [0.717, 1.165) is 55.4 Å². The number of hydrogen-bond donors (Lipinski definition) is 1. The van der Waals surface area contributed by atoms with E-state index in [1.165, 1.54) is 82.6 Å². The molecule has 1 aromatic carbocycles. The van der Waals surface area contributed by atoms with Gasteiger partial charge in [-0.25, -0.2) is 4.39 Å². The third-order valence-corrected chi connectivity index (χ3v) is 9.87. The van der Waals surface area contributed by atoms with Gasteiger partial charge < -0.3 is 5.11 Å². The molecule has 1 aromatic rings. The average molecular weight is 457 g/mol. The van der Waals surface area contributed by atoms with Crippen LogP contribution in [0.25, 0.3) is 0 Å². The molecule has 0 unspecified atom stereocenters. The lowest BCUT2D eigenvalue weighted by molar-refractivity contribution is 0.155. The smallest absolute Gasteiger partial charge is 0.126 e. The van der Waals surface area contributed by atoms with Gasteiger partial charge in [-0.1, -0.05) is 57.6 Å². The topological polar surface area (TPSA) is 20.2 Å². The molecule has 0 aliphatic heterocycles. The number of benzene rings is 1. The van der Waals surface area contributed by atoms with Crippen molar-refractivity contribution in [2.24, 2.45) is 23.7 Å². The summed E-state index contributed by atoms with van der Waals surface area (Å²) >= 11 is 0. The van der Waals surface area contributed by atoms with E-state index >= 15 is 4.39 Å². The van der Waals surface area contributed by atoms with Gasteiger partial charge in [0.15, 0.2) is 0 Å². The molecule has 4 rings (SSSR count). The van der Waals surface area contributed by atoms with Crippen molar-refractivity contribution in [1.82, 2.24) is 0 Å². The highest BCUT2D eigenvalue weighted by Crippen LogP contribution is 2.45. The van der Waals surface area contributed by atoms with E-state index in [4.69, 9.17) is 0 Å². The van der Waals surface area contributed by atoms with Crippen molar-refractivity contribution in [2.45, 2.75) is 128 Å². The van der Waals surface area contributed by atoms with Gasteiger partial charge in [0.1, 0.15) is 5.82 Å². The van der Waals surface area contributed by atoms with Crippen molar-refractivity contribution >= 4 is 0 Å². The van der Waals surface area contributed by atoms with Crippen LogP contribution in [0.1, 0.15) is 139 Å². The minimum absolute atomic E-state index is 0.0432. The Morgan fingerprint density at radius 3 is 1.91 bits per heavy atom. The van der Waals surface area contributed by atoms with Crippen molar-refractivity contribution in [3.8, 4) is 0 Å². The first-order valence-electron chi connectivity index (χ1n) is 14.6. The summed E-state index contributed by atoms with van der Waals surface area (Å²) in [7, 11) is 0. The van der Waals surface area contributed by atoms with Crippen LogP contribution in [-0.4, -0.2) is 11.7 Å². The Kier molecular flexibility index (Phi) is 9.71. The van der Waals surface area contributed by atoms with Crippen LogP contribution >= 0.6 is 0 Å². The molecule has 0 atom stereocenters. The highest BCUT2D eigenvalue weighted by Gasteiger charge is 2.32. The number of halogens is 1. The summed E-state index contributed by atoms with van der Waals surface area (Å²) in [6, 6.07) is 6.26. The molecule has 3 aliphatic rings. The van der Waals surface area contributed by atoms with E-state index in [-0.39, 0.29) is 5.82 Å². The molecule has 1 nitrogen and oxygen atoms in total. The van der Waals surface area contributed by atoms with Gasteiger partial charge in [-0.3, -0.25) is 0 Å². The molecule has 1 N–H and O–H groups in total. The largest absolute Gasteiger partial charge is 0.396 e. The third-order valence-electron chi connectivity index (χ3n) is 9.87. The van der Waals surface area contributed by atoms with Crippen LogP contribution in [0.3, 0.4) is 0 Å². The summed E-state index contributed by atoms with van der Waals surface area (Å²) < 4.78 is 15.1. The lowest BCUT2D eigenvalue weighted by Crippen LogP contribution is -2.25. The number of hydrogen-bond acceptors (Lipinski definition) is 1. The van der Waals surface area contributed by atoms with Crippen LogP contribution in [0.4, 0.5) is 4.39 Å². The second kappa shape index (κ2) is 12.7. The zero-order valence-electron chi connectivity index (χ0n) is 21.2. The molecular formula is C31H49FO. The maximum Gasteiger partial charge on any atom is 0.126 e. The Labute approximate surface area is 202 Å². The van der Waals surface area contributed by atoms with Crippen molar-refractivity contribution < 1.29 is 9.50 Å². The Bertz CT molecular complexity index is 691. The molecular weight excluding hydrogens is 407 g/mol. The van der Waals surface area contributed by atoms with Crippen molar-refractivity contribution in [1.29, 1.82) is 0 Å². The van der Waals surface area contributed by atoms with Gasteiger partial charge >= 0.3 is 0 Å². The molecule has 0 spiro atoms. The number of aliphatic hydroxyl groups is 1. The maximum absolute atomic E-state index is 15.1. The van der Waals surface area contributed by atoms with Gasteiger partial charge in [-0.05, 0) is 123 Å². The van der Waals surface area contributed by atoms with Crippen LogP contribution in [0.2, 0.25) is 0 Å². The van der Waals surface area contributed by atoms with Crippen LogP contribution in [-0.2, 0) is 0 Å². The van der Waals surface area contributed by atoms with E-state index in [0.29, 0.717) is 24.4 Å². The molecule has 3 fully saturated rings. The van der Waals surface area contributed by atoms with Crippen LogP contribution in [0.15, 0.2) is 18.2 Å². The first kappa shape index (κ1) is 25.2. The predicted octanol–water partition coefficient (Wildman–Crippen LogP) is 9.14. The molecule has 0 heterocycles. The Morgan fingerprint density at radius 2 is 1.30 bits per heavy atom. The summed E-state index contributed by atoms with van der Waals surface area (Å²) in [6.07, 6.45) is 22.1. The predicted molar refractivity (Wildman–Crippen MR) is 137 cm³/mol. The Morgan fingerprint density at radius 1 is 0.727 bits per heavy atom. The molecule has 33 heavy (non-hydrogen) atoms. The molecule has 0 amide bonds. The normalized spacial score (nSPS) is 33.2. The van der Waals surface area contributed by atoms with Crippen LogP contribution < -0.4 is 0 Å². The highest BCUT2D eigenvalue weighted by atomic mass is 19.1. The zero-order chi connectivity index (χ0) is 23.0. The van der Waals surface area contributed by atoms with E-state index in [1.54, 1.807) is 0 Å². The van der Waals surface area contributed by atoms with E-state index in [9.17, 15) is 5.11 Å². The SMILES string of the molecule is CCCCCC1CCC(C2CCC(c3ccc(C4CCC(CCO)CC4)c(F)c3)CC2)CC1. The first-order valence-corrected chi connectivity index (χ1v) is 14.6. The summed E-state index contributed by atoms with van der Waals surface area (Å²) in [5.41, 5.74) is 2.20. The van der Waals surface area contributed by atoms with Gasteiger partial charge in [-0.15, -0.1) is 0 Å². The van der Waals surface area contributed by atoms with Gasteiger partial charge in [0.2, 0.25) is 0 Å². The van der Waals surface area contributed by atoms with Crippen LogP contribution in [0, 0.1) is 29.5 Å². The molecule has 0 aromatic heterocycles. The Balaban J connectivity index is 1.23. The number of aliphatic hydroxyl groups excluding tert-OH is 1.